The van der Waals surface area contributed by atoms with E-state index in [-0.39, 0.29) is 22.0 Å². The van der Waals surface area contributed by atoms with Crippen LogP contribution in [0, 0.1) is 0 Å². The Morgan fingerprint density at radius 3 is 2.39 bits per heavy atom. The van der Waals surface area contributed by atoms with Gasteiger partial charge in [0.05, 0.1) is 22.5 Å². The van der Waals surface area contributed by atoms with Crippen LogP contribution in [0.2, 0.25) is 10.0 Å². The zero-order valence-electron chi connectivity index (χ0n) is 15.9. The van der Waals surface area contributed by atoms with Crippen LogP contribution in [0.1, 0.15) is 21.5 Å². The molecule has 4 nitrogen and oxygen atoms in total. The molecule has 0 unspecified atom stereocenters. The number of halogens is 5. The van der Waals surface area contributed by atoms with Crippen molar-refractivity contribution in [1.82, 2.24) is 0 Å². The second-order valence-electron chi connectivity index (χ2n) is 6.68. The van der Waals surface area contributed by atoms with E-state index < -0.39 is 17.6 Å². The van der Waals surface area contributed by atoms with Gasteiger partial charge >= 0.3 is 6.18 Å². The largest absolute Gasteiger partial charge is 0.507 e. The summed E-state index contributed by atoms with van der Waals surface area (Å²) in [6.45, 7) is 0.386. The summed E-state index contributed by atoms with van der Waals surface area (Å²) >= 11 is 11.8. The minimum Gasteiger partial charge on any atom is -0.507 e. The Kier molecular flexibility index (Phi) is 6.97. The number of benzene rings is 3. The Balaban J connectivity index is 1.83. The van der Waals surface area contributed by atoms with Crippen molar-refractivity contribution in [2.75, 3.05) is 17.2 Å². The van der Waals surface area contributed by atoms with Gasteiger partial charge in [0.15, 0.2) is 0 Å². The number of hydrogen-bond acceptors (Lipinski definition) is 3. The zero-order valence-corrected chi connectivity index (χ0v) is 17.4. The van der Waals surface area contributed by atoms with Crippen molar-refractivity contribution in [2.45, 2.75) is 12.6 Å². The van der Waals surface area contributed by atoms with Crippen LogP contribution in [0.15, 0.2) is 60.7 Å². The Morgan fingerprint density at radius 1 is 0.935 bits per heavy atom. The number of phenolic OH excluding ortho intramolecular Hbond substituents is 1. The lowest BCUT2D eigenvalue weighted by Crippen LogP contribution is -2.16. The molecule has 0 aromatic heterocycles. The van der Waals surface area contributed by atoms with Crippen LogP contribution in [0.3, 0.4) is 0 Å². The van der Waals surface area contributed by atoms with Gasteiger partial charge in [0.25, 0.3) is 5.91 Å². The van der Waals surface area contributed by atoms with Crippen LogP contribution >= 0.6 is 23.2 Å². The SMILES string of the molecule is O=C(Nc1cc(C(F)(F)F)ccc1NCCc1cccc(Cl)c1)c1cc(Cl)ccc1O. The average Bonchev–Trinajstić information content (AvgIpc) is 2.70. The number of hydrogen-bond donors (Lipinski definition) is 3. The van der Waals surface area contributed by atoms with Gasteiger partial charge in [0.2, 0.25) is 0 Å². The van der Waals surface area contributed by atoms with Gasteiger partial charge in [-0.2, -0.15) is 13.2 Å². The zero-order chi connectivity index (χ0) is 22.6. The van der Waals surface area contributed by atoms with Crippen molar-refractivity contribution in [3.63, 3.8) is 0 Å². The molecule has 3 rings (SSSR count). The molecule has 0 saturated carbocycles. The van der Waals surface area contributed by atoms with Gasteiger partial charge in [-0.3, -0.25) is 4.79 Å². The van der Waals surface area contributed by atoms with Crippen LogP contribution in [0.25, 0.3) is 0 Å². The molecular weight excluding hydrogens is 452 g/mol. The molecule has 0 aliphatic heterocycles. The number of amides is 1. The molecule has 0 aliphatic rings. The smallest absolute Gasteiger partial charge is 0.416 e. The highest BCUT2D eigenvalue weighted by Gasteiger charge is 2.31. The summed E-state index contributed by atoms with van der Waals surface area (Å²) in [5.74, 6) is -1.14. The molecule has 0 bridgehead atoms. The summed E-state index contributed by atoms with van der Waals surface area (Å²) in [5, 5.41) is 16.1. The van der Waals surface area contributed by atoms with E-state index >= 15 is 0 Å². The summed E-state index contributed by atoms with van der Waals surface area (Å²) in [6, 6.07) is 14.1. The summed E-state index contributed by atoms with van der Waals surface area (Å²) in [4.78, 5) is 12.6. The van der Waals surface area contributed by atoms with Crippen LogP contribution in [-0.2, 0) is 12.6 Å². The first-order valence-corrected chi connectivity index (χ1v) is 9.88. The Bertz CT molecular complexity index is 1100. The standard InChI is InChI=1S/C22H17Cl2F3N2O2/c23-15-3-1-2-13(10-15)8-9-28-18-6-4-14(22(25,26)27)11-19(18)29-21(31)17-12-16(24)5-7-20(17)30/h1-7,10-12,28,30H,8-9H2,(H,29,31). The van der Waals surface area contributed by atoms with Crippen molar-refractivity contribution in [3.8, 4) is 5.75 Å². The lowest BCUT2D eigenvalue weighted by molar-refractivity contribution is -0.137. The lowest BCUT2D eigenvalue weighted by Gasteiger charge is -2.16. The molecule has 3 aromatic rings. The summed E-state index contributed by atoms with van der Waals surface area (Å²) in [5.41, 5.74) is 0.0878. The van der Waals surface area contributed by atoms with Crippen molar-refractivity contribution >= 4 is 40.5 Å². The van der Waals surface area contributed by atoms with E-state index in [1.54, 1.807) is 18.2 Å². The normalized spacial score (nSPS) is 11.3. The molecule has 31 heavy (non-hydrogen) atoms. The average molecular weight is 469 g/mol. The minimum absolute atomic E-state index is 0.0784. The van der Waals surface area contributed by atoms with E-state index in [4.69, 9.17) is 23.2 Å². The fourth-order valence-corrected chi connectivity index (χ4v) is 3.28. The fourth-order valence-electron chi connectivity index (χ4n) is 2.89. The predicted octanol–water partition coefficient (Wildman–Crippen LogP) is 6.62. The van der Waals surface area contributed by atoms with Gasteiger partial charge < -0.3 is 15.7 Å². The summed E-state index contributed by atoms with van der Waals surface area (Å²) in [7, 11) is 0. The maximum atomic E-state index is 13.2. The second kappa shape index (κ2) is 9.49. The first kappa shape index (κ1) is 22.8. The van der Waals surface area contributed by atoms with Crippen LogP contribution in [0.4, 0.5) is 24.5 Å². The third kappa shape index (κ3) is 6.06. The quantitative estimate of drug-likeness (QED) is 0.380. The molecule has 0 fully saturated rings. The van der Waals surface area contributed by atoms with Gasteiger partial charge in [-0.25, -0.2) is 0 Å². The highest BCUT2D eigenvalue weighted by molar-refractivity contribution is 6.31. The van der Waals surface area contributed by atoms with Gasteiger partial charge in [0, 0.05) is 16.6 Å². The number of rotatable bonds is 6. The number of phenols is 1. The van der Waals surface area contributed by atoms with E-state index in [1.807, 2.05) is 6.07 Å². The second-order valence-corrected chi connectivity index (χ2v) is 7.55. The molecule has 1 amide bonds. The third-order valence-electron chi connectivity index (χ3n) is 4.42. The van der Waals surface area contributed by atoms with Crippen LogP contribution in [-0.4, -0.2) is 17.6 Å². The Labute approximate surface area is 186 Å². The van der Waals surface area contributed by atoms with Gasteiger partial charge in [-0.15, -0.1) is 0 Å². The first-order chi connectivity index (χ1) is 14.6. The van der Waals surface area contributed by atoms with Crippen LogP contribution < -0.4 is 10.6 Å². The van der Waals surface area contributed by atoms with Gasteiger partial charge in [0.1, 0.15) is 5.75 Å². The number of nitrogens with one attached hydrogen (secondary N) is 2. The van der Waals surface area contributed by atoms with Crippen molar-refractivity contribution < 1.29 is 23.1 Å². The molecule has 9 heteroatoms. The molecule has 0 radical (unpaired) electrons. The molecule has 0 aliphatic carbocycles. The van der Waals surface area contributed by atoms with Crippen molar-refractivity contribution in [1.29, 1.82) is 0 Å². The van der Waals surface area contributed by atoms with E-state index in [9.17, 15) is 23.1 Å². The Hall–Kier alpha value is -2.90. The summed E-state index contributed by atoms with van der Waals surface area (Å²) in [6.07, 6.45) is -4.03. The lowest BCUT2D eigenvalue weighted by atomic mass is 10.1. The first-order valence-electron chi connectivity index (χ1n) is 9.13. The fraction of sp³-hybridized carbons (Fsp3) is 0.136. The number of carbonyl (C=O) groups excluding carboxylic acids is 1. The van der Waals surface area contributed by atoms with Crippen molar-refractivity contribution in [3.05, 3.63) is 87.4 Å². The van der Waals surface area contributed by atoms with E-state index in [2.05, 4.69) is 10.6 Å². The van der Waals surface area contributed by atoms with E-state index in [1.165, 1.54) is 24.3 Å². The highest BCUT2D eigenvalue weighted by atomic mass is 35.5. The number of anilines is 2. The molecule has 0 heterocycles. The van der Waals surface area contributed by atoms with Crippen molar-refractivity contribution in [2.24, 2.45) is 0 Å². The number of aromatic hydroxyl groups is 1. The molecule has 0 saturated heterocycles. The van der Waals surface area contributed by atoms with Gasteiger partial charge in [-0.05, 0) is 60.5 Å². The third-order valence-corrected chi connectivity index (χ3v) is 4.89. The molecule has 0 spiro atoms. The van der Waals surface area contributed by atoms with E-state index in [0.29, 0.717) is 23.7 Å². The monoisotopic (exact) mass is 468 g/mol. The predicted molar refractivity (Wildman–Crippen MR) is 116 cm³/mol. The summed E-state index contributed by atoms with van der Waals surface area (Å²) < 4.78 is 39.6. The molecule has 0 atom stereocenters. The number of carbonyl (C=O) groups is 1. The number of alkyl halides is 3. The highest BCUT2D eigenvalue weighted by Crippen LogP contribution is 2.34. The maximum absolute atomic E-state index is 13.2. The molecule has 162 valence electrons. The molecule has 3 aromatic carbocycles. The van der Waals surface area contributed by atoms with E-state index in [0.717, 1.165) is 17.7 Å². The van der Waals surface area contributed by atoms with Crippen LogP contribution in [0.5, 0.6) is 5.75 Å². The maximum Gasteiger partial charge on any atom is 0.416 e. The van der Waals surface area contributed by atoms with Gasteiger partial charge in [-0.1, -0.05) is 35.3 Å². The molecule has 3 N–H and O–H groups in total. The topological polar surface area (TPSA) is 61.4 Å². The molecular formula is C22H17Cl2F3N2O2. The Morgan fingerprint density at radius 2 is 1.68 bits per heavy atom. The minimum atomic E-state index is -4.59.